The van der Waals surface area contributed by atoms with Gasteiger partial charge in [-0.2, -0.15) is 0 Å². The molecule has 1 N–H and O–H groups in total. The molecule has 0 fully saturated rings. The zero-order valence-corrected chi connectivity index (χ0v) is 13.6. The molecule has 2 rings (SSSR count). The summed E-state index contributed by atoms with van der Waals surface area (Å²) in [4.78, 5) is 4.53. The highest BCUT2D eigenvalue weighted by Crippen LogP contribution is 2.29. The van der Waals surface area contributed by atoms with Gasteiger partial charge in [-0.3, -0.25) is 0 Å². The molecule has 1 aromatic heterocycles. The van der Waals surface area contributed by atoms with E-state index < -0.39 is 0 Å². The number of thiazole rings is 1. The van der Waals surface area contributed by atoms with Crippen LogP contribution < -0.4 is 5.32 Å². The van der Waals surface area contributed by atoms with Gasteiger partial charge in [-0.1, -0.05) is 51.1 Å². The number of benzene rings is 1. The average molecular weight is 288 g/mol. The largest absolute Gasteiger partial charge is 0.304 e. The number of nitrogens with zero attached hydrogens (tertiary/aromatic N) is 1. The molecule has 3 heteroatoms. The predicted molar refractivity (Wildman–Crippen MR) is 86.9 cm³/mol. The van der Waals surface area contributed by atoms with Crippen LogP contribution >= 0.6 is 11.3 Å². The van der Waals surface area contributed by atoms with E-state index in [9.17, 15) is 0 Å². The zero-order valence-electron chi connectivity index (χ0n) is 12.8. The maximum atomic E-state index is 4.53. The average Bonchev–Trinajstić information content (AvgIpc) is 2.80. The molecule has 1 heterocycles. The maximum absolute atomic E-state index is 4.53. The number of hydrogen-bond donors (Lipinski definition) is 1. The van der Waals surface area contributed by atoms with Gasteiger partial charge < -0.3 is 5.32 Å². The van der Waals surface area contributed by atoms with Crippen LogP contribution in [0.15, 0.2) is 35.7 Å². The predicted octanol–water partition coefficient (Wildman–Crippen LogP) is 4.72. The second kappa shape index (κ2) is 6.51. The topological polar surface area (TPSA) is 24.9 Å². The molecule has 0 aliphatic heterocycles. The molecule has 0 spiro atoms. The van der Waals surface area contributed by atoms with Crippen molar-refractivity contribution in [3.8, 4) is 0 Å². The van der Waals surface area contributed by atoms with Crippen molar-refractivity contribution in [2.24, 2.45) is 5.41 Å². The Hall–Kier alpha value is -1.19. The molecule has 0 amide bonds. The third-order valence-electron chi connectivity index (χ3n) is 3.21. The Balaban J connectivity index is 2.07. The lowest BCUT2D eigenvalue weighted by Gasteiger charge is -2.27. The van der Waals surface area contributed by atoms with Crippen LogP contribution in [0.2, 0.25) is 0 Å². The summed E-state index contributed by atoms with van der Waals surface area (Å²) in [7, 11) is 0. The minimum atomic E-state index is 0.297. The lowest BCUT2D eigenvalue weighted by atomic mass is 9.85. The fraction of sp³-hybridized carbons (Fsp3) is 0.471. The standard InChI is InChI=1S/C17H24N2S/c1-13-19-15(12-20-13)11-18-16(10-17(2,3)4)14-8-6-5-7-9-14/h5-9,12,16,18H,10-11H2,1-4H3. The van der Waals surface area contributed by atoms with Crippen molar-refractivity contribution in [2.75, 3.05) is 0 Å². The summed E-state index contributed by atoms with van der Waals surface area (Å²) >= 11 is 1.71. The van der Waals surface area contributed by atoms with Crippen LogP contribution in [-0.2, 0) is 6.54 Å². The van der Waals surface area contributed by atoms with Crippen LogP contribution in [0.3, 0.4) is 0 Å². The van der Waals surface area contributed by atoms with Gasteiger partial charge in [0.2, 0.25) is 0 Å². The molecular formula is C17H24N2S. The van der Waals surface area contributed by atoms with Crippen molar-refractivity contribution >= 4 is 11.3 Å². The fourth-order valence-electron chi connectivity index (χ4n) is 2.32. The second-order valence-electron chi connectivity index (χ2n) is 6.47. The van der Waals surface area contributed by atoms with Crippen LogP contribution in [0.1, 0.15) is 49.5 Å². The second-order valence-corrected chi connectivity index (χ2v) is 7.53. The molecule has 0 saturated heterocycles. The van der Waals surface area contributed by atoms with Gasteiger partial charge in [-0.05, 0) is 24.3 Å². The van der Waals surface area contributed by atoms with Crippen LogP contribution in [0.25, 0.3) is 0 Å². The van der Waals surface area contributed by atoms with E-state index >= 15 is 0 Å². The summed E-state index contributed by atoms with van der Waals surface area (Å²) in [5.74, 6) is 0. The van der Waals surface area contributed by atoms with Gasteiger partial charge in [0.25, 0.3) is 0 Å². The first-order valence-electron chi connectivity index (χ1n) is 7.13. The van der Waals surface area contributed by atoms with Gasteiger partial charge in [-0.25, -0.2) is 4.98 Å². The van der Waals surface area contributed by atoms with Crippen molar-refractivity contribution in [1.29, 1.82) is 0 Å². The molecule has 0 aliphatic carbocycles. The van der Waals surface area contributed by atoms with Gasteiger partial charge in [-0.15, -0.1) is 11.3 Å². The van der Waals surface area contributed by atoms with Crippen molar-refractivity contribution in [3.63, 3.8) is 0 Å². The molecule has 1 unspecified atom stereocenters. The third kappa shape index (κ3) is 4.73. The summed E-state index contributed by atoms with van der Waals surface area (Å²) in [6.45, 7) is 9.75. The van der Waals surface area contributed by atoms with Crippen molar-refractivity contribution in [3.05, 3.63) is 52.0 Å². The van der Waals surface area contributed by atoms with Crippen LogP contribution in [-0.4, -0.2) is 4.98 Å². The minimum Gasteiger partial charge on any atom is -0.304 e. The zero-order chi connectivity index (χ0) is 14.6. The first-order valence-corrected chi connectivity index (χ1v) is 8.01. The van der Waals surface area contributed by atoms with Crippen molar-refractivity contribution in [1.82, 2.24) is 10.3 Å². The van der Waals surface area contributed by atoms with Gasteiger partial charge in [0, 0.05) is 18.0 Å². The molecule has 0 bridgehead atoms. The summed E-state index contributed by atoms with van der Waals surface area (Å²) in [5, 5.41) is 6.94. The minimum absolute atomic E-state index is 0.297. The highest BCUT2D eigenvalue weighted by atomic mass is 32.1. The van der Waals surface area contributed by atoms with E-state index in [0.717, 1.165) is 23.7 Å². The summed E-state index contributed by atoms with van der Waals surface area (Å²) in [6, 6.07) is 11.1. The van der Waals surface area contributed by atoms with Crippen LogP contribution in [0.5, 0.6) is 0 Å². The Morgan fingerprint density at radius 2 is 1.90 bits per heavy atom. The van der Waals surface area contributed by atoms with E-state index in [1.54, 1.807) is 11.3 Å². The molecule has 0 aliphatic rings. The Labute approximate surface area is 126 Å². The van der Waals surface area contributed by atoms with Gasteiger partial charge >= 0.3 is 0 Å². The number of hydrogen-bond acceptors (Lipinski definition) is 3. The smallest absolute Gasteiger partial charge is 0.0897 e. The Morgan fingerprint density at radius 3 is 2.45 bits per heavy atom. The number of nitrogens with one attached hydrogen (secondary N) is 1. The first kappa shape index (κ1) is 15.2. The Bertz CT molecular complexity index is 525. The monoisotopic (exact) mass is 288 g/mol. The summed E-state index contributed by atoms with van der Waals surface area (Å²) in [6.07, 6.45) is 1.11. The van der Waals surface area contributed by atoms with E-state index in [-0.39, 0.29) is 0 Å². The molecule has 2 aromatic rings. The molecule has 1 atom stereocenters. The van der Waals surface area contributed by atoms with Crippen LogP contribution in [0.4, 0.5) is 0 Å². The number of aryl methyl sites for hydroxylation is 1. The van der Waals surface area contributed by atoms with Crippen molar-refractivity contribution in [2.45, 2.75) is 46.7 Å². The van der Waals surface area contributed by atoms with E-state index in [1.165, 1.54) is 5.56 Å². The van der Waals surface area contributed by atoms with E-state index in [4.69, 9.17) is 0 Å². The van der Waals surface area contributed by atoms with E-state index in [1.807, 2.05) is 0 Å². The SMILES string of the molecule is Cc1nc(CNC(CC(C)(C)C)c2ccccc2)cs1. The van der Waals surface area contributed by atoms with E-state index in [0.29, 0.717) is 11.5 Å². The Morgan fingerprint density at radius 1 is 1.20 bits per heavy atom. The molecule has 0 radical (unpaired) electrons. The lowest BCUT2D eigenvalue weighted by Crippen LogP contribution is -2.25. The molecule has 1 aromatic carbocycles. The van der Waals surface area contributed by atoms with Crippen molar-refractivity contribution < 1.29 is 0 Å². The summed E-state index contributed by atoms with van der Waals surface area (Å²) in [5.41, 5.74) is 2.79. The highest BCUT2D eigenvalue weighted by molar-refractivity contribution is 7.09. The van der Waals surface area contributed by atoms with Gasteiger partial charge in [0.05, 0.1) is 10.7 Å². The number of rotatable bonds is 5. The van der Waals surface area contributed by atoms with Gasteiger partial charge in [0.15, 0.2) is 0 Å². The lowest BCUT2D eigenvalue weighted by molar-refractivity contribution is 0.309. The van der Waals surface area contributed by atoms with Gasteiger partial charge in [0.1, 0.15) is 0 Å². The van der Waals surface area contributed by atoms with Crippen LogP contribution in [0, 0.1) is 12.3 Å². The Kier molecular flexibility index (Phi) is 4.95. The molecule has 2 nitrogen and oxygen atoms in total. The molecule has 0 saturated carbocycles. The number of aromatic nitrogens is 1. The first-order chi connectivity index (χ1) is 9.44. The quantitative estimate of drug-likeness (QED) is 0.861. The molecule has 20 heavy (non-hydrogen) atoms. The normalized spacial score (nSPS) is 13.4. The summed E-state index contributed by atoms with van der Waals surface area (Å²) < 4.78 is 0. The molecule has 108 valence electrons. The molecular weight excluding hydrogens is 264 g/mol. The third-order valence-corrected chi connectivity index (χ3v) is 4.04. The van der Waals surface area contributed by atoms with E-state index in [2.05, 4.69) is 73.7 Å². The fourth-order valence-corrected chi connectivity index (χ4v) is 2.94. The highest BCUT2D eigenvalue weighted by Gasteiger charge is 2.20. The maximum Gasteiger partial charge on any atom is 0.0897 e.